The SMILES string of the molecule is CC1CCN(c2ccc(NC(=O)CCl)cc2C(=O)NC2CC2)CC1. The Balaban J connectivity index is 1.84. The molecule has 1 aliphatic carbocycles. The standard InChI is InChI=1S/C18H24ClN3O2/c1-12-6-8-22(9-7-12)16-5-4-14(20-17(23)11-19)10-15(16)18(24)21-13-2-3-13/h4-5,10,12-13H,2-3,6-9,11H2,1H3,(H,20,23)(H,21,24). The van der Waals surface area contributed by atoms with E-state index in [1.165, 1.54) is 0 Å². The number of amides is 2. The number of halogens is 1. The summed E-state index contributed by atoms with van der Waals surface area (Å²) in [7, 11) is 0. The topological polar surface area (TPSA) is 61.4 Å². The van der Waals surface area contributed by atoms with Crippen molar-refractivity contribution in [2.45, 2.75) is 38.6 Å². The van der Waals surface area contributed by atoms with E-state index in [0.29, 0.717) is 17.3 Å². The number of piperidine rings is 1. The largest absolute Gasteiger partial charge is 0.371 e. The number of anilines is 2. The van der Waals surface area contributed by atoms with Crippen molar-refractivity contribution in [3.8, 4) is 0 Å². The number of carbonyl (C=O) groups excluding carboxylic acids is 2. The highest BCUT2D eigenvalue weighted by Crippen LogP contribution is 2.29. The predicted octanol–water partition coefficient (Wildman–Crippen LogP) is 2.99. The molecule has 0 unspecified atom stereocenters. The summed E-state index contributed by atoms with van der Waals surface area (Å²) in [6.07, 6.45) is 4.36. The minimum atomic E-state index is -0.273. The van der Waals surface area contributed by atoms with Crippen LogP contribution in [0.5, 0.6) is 0 Å². The number of alkyl halides is 1. The second kappa shape index (κ2) is 7.43. The van der Waals surface area contributed by atoms with Crippen LogP contribution in [0.4, 0.5) is 11.4 Å². The zero-order valence-electron chi connectivity index (χ0n) is 14.0. The van der Waals surface area contributed by atoms with Gasteiger partial charge in [0.2, 0.25) is 5.91 Å². The van der Waals surface area contributed by atoms with Gasteiger partial charge in [0.05, 0.1) is 5.56 Å². The number of nitrogens with one attached hydrogen (secondary N) is 2. The molecule has 0 bridgehead atoms. The van der Waals surface area contributed by atoms with Crippen molar-refractivity contribution in [1.82, 2.24) is 5.32 Å². The Morgan fingerprint density at radius 1 is 1.21 bits per heavy atom. The lowest BCUT2D eigenvalue weighted by molar-refractivity contribution is -0.113. The molecule has 2 N–H and O–H groups in total. The molecule has 1 heterocycles. The van der Waals surface area contributed by atoms with Crippen molar-refractivity contribution < 1.29 is 9.59 Å². The van der Waals surface area contributed by atoms with Crippen LogP contribution in [0.15, 0.2) is 18.2 Å². The van der Waals surface area contributed by atoms with Gasteiger partial charge in [0, 0.05) is 30.5 Å². The molecule has 0 spiro atoms. The fourth-order valence-corrected chi connectivity index (χ4v) is 3.07. The van der Waals surface area contributed by atoms with Gasteiger partial charge in [-0.1, -0.05) is 6.92 Å². The molecule has 2 amide bonds. The Hall–Kier alpha value is -1.75. The highest BCUT2D eigenvalue weighted by atomic mass is 35.5. The maximum atomic E-state index is 12.7. The molecule has 5 nitrogen and oxygen atoms in total. The molecule has 2 aliphatic rings. The van der Waals surface area contributed by atoms with E-state index >= 15 is 0 Å². The molecule has 6 heteroatoms. The van der Waals surface area contributed by atoms with Crippen LogP contribution < -0.4 is 15.5 Å². The van der Waals surface area contributed by atoms with Crippen LogP contribution >= 0.6 is 11.6 Å². The third kappa shape index (κ3) is 4.20. The summed E-state index contributed by atoms with van der Waals surface area (Å²) < 4.78 is 0. The second-order valence-corrected chi connectivity index (χ2v) is 7.10. The first-order chi connectivity index (χ1) is 11.6. The molecule has 130 valence electrons. The molecule has 1 saturated carbocycles. The van der Waals surface area contributed by atoms with E-state index in [9.17, 15) is 9.59 Å². The van der Waals surface area contributed by atoms with E-state index in [1.807, 2.05) is 12.1 Å². The molecule has 24 heavy (non-hydrogen) atoms. The van der Waals surface area contributed by atoms with Gasteiger partial charge in [-0.2, -0.15) is 0 Å². The fourth-order valence-electron chi connectivity index (χ4n) is 3.01. The van der Waals surface area contributed by atoms with Crippen molar-refractivity contribution in [3.05, 3.63) is 23.8 Å². The summed E-state index contributed by atoms with van der Waals surface area (Å²) in [5.74, 6) is 0.292. The molecule has 3 rings (SSSR count). The summed E-state index contributed by atoms with van der Waals surface area (Å²) in [5.41, 5.74) is 2.18. The maximum absolute atomic E-state index is 12.7. The van der Waals surface area contributed by atoms with Gasteiger partial charge in [0.25, 0.3) is 5.91 Å². The summed E-state index contributed by atoms with van der Waals surface area (Å²) in [6, 6.07) is 5.83. The highest BCUT2D eigenvalue weighted by Gasteiger charge is 2.27. The van der Waals surface area contributed by atoms with Crippen LogP contribution in [-0.4, -0.2) is 36.8 Å². The van der Waals surface area contributed by atoms with Crippen molar-refractivity contribution in [2.24, 2.45) is 5.92 Å². The summed E-state index contributed by atoms with van der Waals surface area (Å²) in [6.45, 7) is 4.18. The van der Waals surface area contributed by atoms with Crippen molar-refractivity contribution in [3.63, 3.8) is 0 Å². The van der Waals surface area contributed by atoms with Crippen LogP contribution in [0.3, 0.4) is 0 Å². The van der Waals surface area contributed by atoms with E-state index in [2.05, 4.69) is 22.5 Å². The lowest BCUT2D eigenvalue weighted by atomic mass is 9.97. The van der Waals surface area contributed by atoms with Crippen LogP contribution in [0.2, 0.25) is 0 Å². The van der Waals surface area contributed by atoms with Gasteiger partial charge in [-0.15, -0.1) is 11.6 Å². The first-order valence-corrected chi connectivity index (χ1v) is 9.16. The monoisotopic (exact) mass is 349 g/mol. The summed E-state index contributed by atoms with van der Waals surface area (Å²) in [4.78, 5) is 26.4. The molecule has 1 aliphatic heterocycles. The molecule has 0 radical (unpaired) electrons. The van der Waals surface area contributed by atoms with E-state index in [4.69, 9.17) is 11.6 Å². The molecular weight excluding hydrogens is 326 g/mol. The lowest BCUT2D eigenvalue weighted by Crippen LogP contribution is -2.35. The Morgan fingerprint density at radius 2 is 1.92 bits per heavy atom. The molecule has 1 aromatic carbocycles. The molecule has 2 fully saturated rings. The van der Waals surface area contributed by atoms with E-state index in [0.717, 1.165) is 50.4 Å². The Bertz CT molecular complexity index is 623. The fraction of sp³-hybridized carbons (Fsp3) is 0.556. The smallest absolute Gasteiger partial charge is 0.253 e. The third-order valence-electron chi connectivity index (χ3n) is 4.68. The summed E-state index contributed by atoms with van der Waals surface area (Å²) >= 11 is 5.55. The number of nitrogens with zero attached hydrogens (tertiary/aromatic N) is 1. The molecule has 1 aromatic rings. The van der Waals surface area contributed by atoms with Gasteiger partial charge in [0.1, 0.15) is 5.88 Å². The van der Waals surface area contributed by atoms with Crippen LogP contribution in [0.1, 0.15) is 43.0 Å². The number of hydrogen-bond donors (Lipinski definition) is 2. The van der Waals surface area contributed by atoms with Gasteiger partial charge >= 0.3 is 0 Å². The molecule has 1 saturated heterocycles. The molecular formula is C18H24ClN3O2. The van der Waals surface area contributed by atoms with Crippen molar-refractivity contribution >= 4 is 34.8 Å². The highest BCUT2D eigenvalue weighted by molar-refractivity contribution is 6.29. The first-order valence-electron chi connectivity index (χ1n) is 8.62. The van der Waals surface area contributed by atoms with Gasteiger partial charge in [0.15, 0.2) is 0 Å². The van der Waals surface area contributed by atoms with Gasteiger partial charge < -0.3 is 15.5 Å². The average molecular weight is 350 g/mol. The van der Waals surface area contributed by atoms with Gasteiger partial charge in [-0.25, -0.2) is 0 Å². The van der Waals surface area contributed by atoms with E-state index in [-0.39, 0.29) is 17.7 Å². The van der Waals surface area contributed by atoms with E-state index in [1.54, 1.807) is 6.07 Å². The number of rotatable bonds is 5. The predicted molar refractivity (Wildman–Crippen MR) is 96.9 cm³/mol. The number of carbonyl (C=O) groups is 2. The zero-order chi connectivity index (χ0) is 17.1. The quantitative estimate of drug-likeness (QED) is 0.803. The van der Waals surface area contributed by atoms with Crippen molar-refractivity contribution in [2.75, 3.05) is 29.2 Å². The minimum Gasteiger partial charge on any atom is -0.371 e. The van der Waals surface area contributed by atoms with Crippen LogP contribution in [0, 0.1) is 5.92 Å². The van der Waals surface area contributed by atoms with Gasteiger partial charge in [-0.3, -0.25) is 9.59 Å². The first kappa shape index (κ1) is 17.1. The zero-order valence-corrected chi connectivity index (χ0v) is 14.7. The second-order valence-electron chi connectivity index (χ2n) is 6.83. The average Bonchev–Trinajstić information content (AvgIpc) is 3.39. The van der Waals surface area contributed by atoms with Crippen LogP contribution in [0.25, 0.3) is 0 Å². The number of hydrogen-bond acceptors (Lipinski definition) is 3. The Labute approximate surface area is 147 Å². The Kier molecular flexibility index (Phi) is 5.29. The van der Waals surface area contributed by atoms with Crippen LogP contribution in [-0.2, 0) is 4.79 Å². The Morgan fingerprint density at radius 3 is 2.54 bits per heavy atom. The molecule has 0 atom stereocenters. The van der Waals surface area contributed by atoms with Gasteiger partial charge in [-0.05, 0) is 49.8 Å². The normalized spacial score (nSPS) is 18.3. The van der Waals surface area contributed by atoms with E-state index < -0.39 is 0 Å². The lowest BCUT2D eigenvalue weighted by Gasteiger charge is -2.33. The minimum absolute atomic E-state index is 0.0619. The van der Waals surface area contributed by atoms with Crippen molar-refractivity contribution in [1.29, 1.82) is 0 Å². The number of benzene rings is 1. The maximum Gasteiger partial charge on any atom is 0.253 e. The summed E-state index contributed by atoms with van der Waals surface area (Å²) in [5, 5.41) is 5.77. The third-order valence-corrected chi connectivity index (χ3v) is 4.93. The molecule has 0 aromatic heterocycles.